The van der Waals surface area contributed by atoms with Crippen LogP contribution in [0, 0.1) is 13.8 Å². The molecule has 0 radical (unpaired) electrons. The van der Waals surface area contributed by atoms with Gasteiger partial charge in [0.2, 0.25) is 0 Å². The maximum absolute atomic E-state index is 12.7. The smallest absolute Gasteiger partial charge is 0.344 e. The van der Waals surface area contributed by atoms with E-state index in [9.17, 15) is 4.79 Å². The molecule has 1 heterocycles. The number of aryl methyl sites for hydroxylation is 2. The second-order valence-corrected chi connectivity index (χ2v) is 10.3. The van der Waals surface area contributed by atoms with Crippen molar-refractivity contribution >= 4 is 27.6 Å². The van der Waals surface area contributed by atoms with Crippen LogP contribution in [0.3, 0.4) is 0 Å². The van der Waals surface area contributed by atoms with Gasteiger partial charge in [0, 0.05) is 12.0 Å². The van der Waals surface area contributed by atoms with Crippen molar-refractivity contribution in [2.75, 3.05) is 6.61 Å². The fourth-order valence-corrected chi connectivity index (χ4v) is 6.73. The van der Waals surface area contributed by atoms with Crippen LogP contribution in [0.25, 0.3) is 10.8 Å². The van der Waals surface area contributed by atoms with Gasteiger partial charge >= 0.3 is 5.97 Å². The monoisotopic (exact) mass is 442 g/mol. The summed E-state index contributed by atoms with van der Waals surface area (Å²) in [6.45, 7) is 7.88. The molecule has 0 spiro atoms. The molecule has 1 aliphatic heterocycles. The quantitative estimate of drug-likeness (QED) is 0.344. The number of carbonyl (C=O) groups excluding carboxylic acids is 1. The third-order valence-corrected chi connectivity index (χ3v) is 8.27. The summed E-state index contributed by atoms with van der Waals surface area (Å²) in [6.07, 6.45) is 6.60. The van der Waals surface area contributed by atoms with E-state index in [2.05, 4.69) is 66.6 Å². The van der Waals surface area contributed by atoms with Crippen molar-refractivity contribution in [2.24, 2.45) is 0 Å². The van der Waals surface area contributed by atoms with Crippen LogP contribution in [-0.4, -0.2) is 12.6 Å². The summed E-state index contributed by atoms with van der Waals surface area (Å²) in [5.41, 5.74) is 4.37. The maximum Gasteiger partial charge on any atom is 0.344 e. The number of thiol groups is 1. The number of hydrogen-bond acceptors (Lipinski definition) is 3. The van der Waals surface area contributed by atoms with Crippen LogP contribution in [0.15, 0.2) is 88.5 Å². The second-order valence-electron chi connectivity index (χ2n) is 8.25. The maximum atomic E-state index is 12.7. The molecule has 1 aliphatic carbocycles. The molecule has 0 fully saturated rings. The lowest BCUT2D eigenvalue weighted by molar-refractivity contribution is -0.151. The van der Waals surface area contributed by atoms with Crippen LogP contribution in [0.4, 0.5) is 0 Å². The zero-order valence-electron chi connectivity index (χ0n) is 18.3. The fraction of sp³-hybridized carbons (Fsp3) is 0.179. The van der Waals surface area contributed by atoms with E-state index in [0.29, 0.717) is 6.42 Å². The van der Waals surface area contributed by atoms with Crippen LogP contribution < -0.4 is 4.74 Å². The summed E-state index contributed by atoms with van der Waals surface area (Å²) < 4.78 is 11.8. The van der Waals surface area contributed by atoms with Gasteiger partial charge in [0.05, 0.1) is 0 Å². The molecular formula is C28H26O3S. The lowest BCUT2D eigenvalue weighted by atomic mass is 10.1. The zero-order valence-corrected chi connectivity index (χ0v) is 19.2. The normalized spacial score (nSPS) is 19.8. The number of hydrogen-bond donors (Lipinski definition) is 1. The standard InChI is InChI=1S/C28H26O3S/c1-4-22-11-7-13-32(22)23-14-18(2)28(19(3)15-23)30-17-26(29)31-25-16-21-10-5-8-20-9-6-12-24(25)27(20)21/h4-15,25,32H,1,16-17H2,2-3H3. The minimum Gasteiger partial charge on any atom is -0.481 e. The van der Waals surface area contributed by atoms with Crippen molar-refractivity contribution in [3.8, 4) is 5.75 Å². The summed E-state index contributed by atoms with van der Waals surface area (Å²) >= 11 is 0. The molecule has 0 amide bonds. The van der Waals surface area contributed by atoms with Gasteiger partial charge in [0.15, 0.2) is 6.61 Å². The third kappa shape index (κ3) is 3.65. The van der Waals surface area contributed by atoms with Gasteiger partial charge in [-0.2, -0.15) is 10.9 Å². The molecule has 162 valence electrons. The van der Waals surface area contributed by atoms with E-state index in [1.54, 1.807) is 0 Å². The first-order chi connectivity index (χ1) is 15.5. The number of rotatable bonds is 6. The summed E-state index contributed by atoms with van der Waals surface area (Å²) in [7, 11) is -0.503. The molecule has 3 aromatic carbocycles. The van der Waals surface area contributed by atoms with Gasteiger partial charge in [-0.25, -0.2) is 4.79 Å². The minimum absolute atomic E-state index is 0.101. The Morgan fingerprint density at radius 3 is 2.66 bits per heavy atom. The Morgan fingerprint density at radius 1 is 1.16 bits per heavy atom. The highest BCUT2D eigenvalue weighted by molar-refractivity contribution is 8.23. The molecule has 0 saturated carbocycles. The first-order valence-corrected chi connectivity index (χ1v) is 12.2. The van der Waals surface area contributed by atoms with Crippen LogP contribution in [0.1, 0.15) is 28.4 Å². The van der Waals surface area contributed by atoms with Gasteiger partial charge in [-0.1, -0.05) is 55.1 Å². The Balaban J connectivity index is 1.27. The van der Waals surface area contributed by atoms with Crippen molar-refractivity contribution in [2.45, 2.75) is 31.3 Å². The van der Waals surface area contributed by atoms with Gasteiger partial charge in [0.1, 0.15) is 11.9 Å². The van der Waals surface area contributed by atoms with Crippen molar-refractivity contribution < 1.29 is 14.3 Å². The van der Waals surface area contributed by atoms with Gasteiger partial charge < -0.3 is 9.47 Å². The van der Waals surface area contributed by atoms with Crippen molar-refractivity contribution in [3.05, 3.63) is 106 Å². The van der Waals surface area contributed by atoms with E-state index < -0.39 is 10.9 Å². The average Bonchev–Trinajstić information content (AvgIpc) is 3.39. The number of carbonyl (C=O) groups is 1. The molecule has 0 saturated heterocycles. The highest BCUT2D eigenvalue weighted by Gasteiger charge is 2.27. The predicted octanol–water partition coefficient (Wildman–Crippen LogP) is 6.63. The SMILES string of the molecule is C=CC1=CC=C[SH]1c1cc(C)c(OCC(=O)OC2Cc3cccc4cccc2c34)c(C)c1. The zero-order chi connectivity index (χ0) is 22.2. The topological polar surface area (TPSA) is 35.5 Å². The molecule has 0 bridgehead atoms. The molecule has 32 heavy (non-hydrogen) atoms. The molecule has 3 nitrogen and oxygen atoms in total. The Hall–Kier alpha value is -3.24. The number of esters is 1. The molecule has 2 unspecified atom stereocenters. The number of ether oxygens (including phenoxy) is 2. The van der Waals surface area contributed by atoms with Crippen molar-refractivity contribution in [3.63, 3.8) is 0 Å². The van der Waals surface area contributed by atoms with Crippen LogP contribution >= 0.6 is 10.9 Å². The second kappa shape index (κ2) is 8.36. The first-order valence-electron chi connectivity index (χ1n) is 10.8. The predicted molar refractivity (Wildman–Crippen MR) is 133 cm³/mol. The molecule has 5 rings (SSSR count). The molecule has 0 N–H and O–H groups in total. The molecule has 2 aliphatic rings. The van der Waals surface area contributed by atoms with Crippen LogP contribution in [0.2, 0.25) is 0 Å². The third-order valence-electron chi connectivity index (χ3n) is 6.10. The summed E-state index contributed by atoms with van der Waals surface area (Å²) in [6, 6.07) is 16.7. The minimum atomic E-state index is -0.503. The lowest BCUT2D eigenvalue weighted by Crippen LogP contribution is -2.18. The van der Waals surface area contributed by atoms with Gasteiger partial charge in [-0.3, -0.25) is 0 Å². The Morgan fingerprint density at radius 2 is 1.91 bits per heavy atom. The van der Waals surface area contributed by atoms with E-state index >= 15 is 0 Å². The van der Waals surface area contributed by atoms with Crippen molar-refractivity contribution in [1.82, 2.24) is 0 Å². The Labute approximate surface area is 191 Å². The number of benzene rings is 3. The largest absolute Gasteiger partial charge is 0.481 e. The van der Waals surface area contributed by atoms with Crippen molar-refractivity contribution in [1.29, 1.82) is 0 Å². The fourth-order valence-electron chi connectivity index (χ4n) is 4.72. The molecular weight excluding hydrogens is 416 g/mol. The van der Waals surface area contributed by atoms with E-state index in [4.69, 9.17) is 9.47 Å². The van der Waals surface area contributed by atoms with Crippen LogP contribution in [-0.2, 0) is 16.0 Å². The molecule has 0 aromatic heterocycles. The Kier molecular flexibility index (Phi) is 5.40. The summed E-state index contributed by atoms with van der Waals surface area (Å²) in [5, 5.41) is 4.64. The van der Waals surface area contributed by atoms with E-state index in [1.165, 1.54) is 26.1 Å². The highest BCUT2D eigenvalue weighted by atomic mass is 32.2. The van der Waals surface area contributed by atoms with E-state index in [1.807, 2.05) is 26.0 Å². The highest BCUT2D eigenvalue weighted by Crippen LogP contribution is 2.50. The lowest BCUT2D eigenvalue weighted by Gasteiger charge is -2.20. The molecule has 4 heteroatoms. The van der Waals surface area contributed by atoms with Gasteiger partial charge in [-0.15, -0.1) is 0 Å². The first kappa shape index (κ1) is 20.7. The van der Waals surface area contributed by atoms with E-state index in [0.717, 1.165) is 22.4 Å². The molecule has 2 atom stereocenters. The summed E-state index contributed by atoms with van der Waals surface area (Å²) in [4.78, 5) is 15.2. The van der Waals surface area contributed by atoms with E-state index in [-0.39, 0.29) is 18.7 Å². The average molecular weight is 443 g/mol. The Bertz CT molecular complexity index is 1270. The molecule has 3 aromatic rings. The van der Waals surface area contributed by atoms with Gasteiger partial charge in [-0.05, 0) is 74.7 Å². The number of allylic oxidation sites excluding steroid dienone is 3. The van der Waals surface area contributed by atoms with Crippen LogP contribution in [0.5, 0.6) is 5.75 Å². The van der Waals surface area contributed by atoms with Gasteiger partial charge in [0.25, 0.3) is 0 Å². The summed E-state index contributed by atoms with van der Waals surface area (Å²) in [5.74, 6) is 0.410.